The number of fused-ring (bicyclic) bond motifs is 7. The van der Waals surface area contributed by atoms with E-state index in [0.717, 1.165) is 50.1 Å². The maximum Gasteiger partial charge on any atom is 0.136 e. The second-order valence-electron chi connectivity index (χ2n) is 18.4. The normalized spacial score (nSPS) is 13.0. The van der Waals surface area contributed by atoms with Crippen LogP contribution in [0.4, 0.5) is 17.1 Å². The van der Waals surface area contributed by atoms with Crippen molar-refractivity contribution in [2.75, 3.05) is 4.90 Å². The van der Waals surface area contributed by atoms with E-state index in [2.05, 4.69) is 250 Å². The maximum absolute atomic E-state index is 6.54. The number of furan rings is 1. The molecule has 0 atom stereocenters. The van der Waals surface area contributed by atoms with E-state index in [9.17, 15) is 0 Å². The summed E-state index contributed by atoms with van der Waals surface area (Å²) in [6, 6.07) is 84.7. The molecule has 2 nitrogen and oxygen atoms in total. The Balaban J connectivity index is 1.12. The van der Waals surface area contributed by atoms with Crippen molar-refractivity contribution in [2.24, 2.45) is 0 Å². The monoisotopic (exact) mass is 833 g/mol. The topological polar surface area (TPSA) is 16.4 Å². The Hall–Kier alpha value is -7.94. The molecule has 1 aliphatic rings. The van der Waals surface area contributed by atoms with Gasteiger partial charge in [-0.25, -0.2) is 0 Å². The maximum atomic E-state index is 6.54. The number of hydrogen-bond donors (Lipinski definition) is 0. The van der Waals surface area contributed by atoms with Gasteiger partial charge in [0.2, 0.25) is 0 Å². The average molecular weight is 834 g/mol. The van der Waals surface area contributed by atoms with Gasteiger partial charge in [0.25, 0.3) is 0 Å². The highest BCUT2D eigenvalue weighted by atomic mass is 16.3. The van der Waals surface area contributed by atoms with Gasteiger partial charge in [0, 0.05) is 27.7 Å². The van der Waals surface area contributed by atoms with E-state index in [1.807, 2.05) is 6.07 Å². The van der Waals surface area contributed by atoms with E-state index >= 15 is 0 Å². The first-order valence-electron chi connectivity index (χ1n) is 22.7. The molecule has 65 heavy (non-hydrogen) atoms. The van der Waals surface area contributed by atoms with Gasteiger partial charge in [-0.15, -0.1) is 0 Å². The fraction of sp³-hybridized carbons (Fsp3) is 0.0794. The molecule has 0 saturated carbocycles. The van der Waals surface area contributed by atoms with Crippen LogP contribution in [0.15, 0.2) is 235 Å². The third-order valence-corrected chi connectivity index (χ3v) is 13.7. The highest BCUT2D eigenvalue weighted by Crippen LogP contribution is 2.58. The van der Waals surface area contributed by atoms with E-state index in [1.165, 1.54) is 60.8 Å². The molecule has 0 unspecified atom stereocenters. The van der Waals surface area contributed by atoms with Gasteiger partial charge >= 0.3 is 0 Å². The number of hydrogen-bond acceptors (Lipinski definition) is 2. The molecule has 0 saturated heterocycles. The summed E-state index contributed by atoms with van der Waals surface area (Å²) in [4.78, 5) is 2.48. The molecular formula is C63H47NO. The highest BCUT2D eigenvalue weighted by molar-refractivity contribution is 6.18. The zero-order chi connectivity index (χ0) is 43.7. The number of para-hydroxylation sites is 1. The summed E-state index contributed by atoms with van der Waals surface area (Å²) >= 11 is 0. The van der Waals surface area contributed by atoms with Crippen LogP contribution in [0, 0.1) is 0 Å². The Kier molecular flexibility index (Phi) is 9.00. The van der Waals surface area contributed by atoms with Crippen molar-refractivity contribution in [3.8, 4) is 33.4 Å². The Bertz CT molecular complexity index is 3520. The van der Waals surface area contributed by atoms with Gasteiger partial charge in [-0.05, 0) is 114 Å². The highest BCUT2D eigenvalue weighted by Gasteiger charge is 2.46. The lowest BCUT2D eigenvalue weighted by Crippen LogP contribution is -2.28. The van der Waals surface area contributed by atoms with Gasteiger partial charge in [-0.1, -0.05) is 209 Å². The molecule has 0 bridgehead atoms. The summed E-state index contributed by atoms with van der Waals surface area (Å²) in [7, 11) is 0. The average Bonchev–Trinajstić information content (AvgIpc) is 3.89. The van der Waals surface area contributed by atoms with Crippen molar-refractivity contribution in [1.29, 1.82) is 0 Å². The van der Waals surface area contributed by atoms with E-state index in [4.69, 9.17) is 4.42 Å². The molecule has 0 spiro atoms. The van der Waals surface area contributed by atoms with Crippen LogP contribution >= 0.6 is 0 Å². The Morgan fingerprint density at radius 3 is 1.71 bits per heavy atom. The van der Waals surface area contributed by atoms with E-state index < -0.39 is 5.41 Å². The largest absolute Gasteiger partial charge is 0.456 e. The first kappa shape index (κ1) is 38.7. The molecule has 1 heterocycles. The Morgan fingerprint density at radius 1 is 0.415 bits per heavy atom. The molecule has 1 aliphatic carbocycles. The molecule has 12 rings (SSSR count). The summed E-state index contributed by atoms with van der Waals surface area (Å²) < 4.78 is 6.54. The fourth-order valence-corrected chi connectivity index (χ4v) is 10.7. The number of nitrogens with zero attached hydrogens (tertiary/aromatic N) is 1. The lowest BCUT2D eigenvalue weighted by molar-refractivity contribution is 0.590. The molecule has 2 heteroatoms. The smallest absolute Gasteiger partial charge is 0.136 e. The molecule has 310 valence electrons. The fourth-order valence-electron chi connectivity index (χ4n) is 10.7. The summed E-state index contributed by atoms with van der Waals surface area (Å²) in [6.07, 6.45) is 0. The SMILES string of the molecule is CC(C)(C)c1ccc(-c2ccc(N(c3ccc4c(c3)-c3ccccc3C4(c3ccccc3)c3ccccc3)c3ccc4ccccc4c3-c3cccc4oc5ccccc5c34)cc2)cc1. The molecule has 1 aromatic heterocycles. The number of rotatable bonds is 7. The third kappa shape index (κ3) is 6.16. The molecule has 0 radical (unpaired) electrons. The minimum Gasteiger partial charge on any atom is -0.456 e. The van der Waals surface area contributed by atoms with Crippen molar-refractivity contribution in [3.05, 3.63) is 258 Å². The zero-order valence-corrected chi connectivity index (χ0v) is 36.8. The predicted molar refractivity (Wildman–Crippen MR) is 273 cm³/mol. The van der Waals surface area contributed by atoms with Crippen molar-refractivity contribution >= 4 is 49.8 Å². The minimum absolute atomic E-state index is 0.0890. The standard InChI is InChI=1S/C63H47NO/c1-62(2,3)45-34-29-42(30-35-45)43-31-36-48(37-32-43)64(57-40-33-44-17-10-11-22-50(44)60(57)53-25-16-28-59-61(53)52-24-13-15-27-58(52)65-59)49-38-39-56-54(41-49)51-23-12-14-26-55(51)63(56,46-18-6-4-7-19-46)47-20-8-5-9-21-47/h4-41H,1-3H3. The van der Waals surface area contributed by atoms with Crippen LogP contribution in [0.1, 0.15) is 48.6 Å². The summed E-state index contributed by atoms with van der Waals surface area (Å²) in [5.74, 6) is 0. The lowest BCUT2D eigenvalue weighted by atomic mass is 9.68. The Labute approximate surface area is 380 Å². The van der Waals surface area contributed by atoms with E-state index in [-0.39, 0.29) is 5.41 Å². The van der Waals surface area contributed by atoms with Gasteiger partial charge in [0.05, 0.1) is 11.1 Å². The van der Waals surface area contributed by atoms with Gasteiger partial charge in [-0.2, -0.15) is 0 Å². The number of anilines is 3. The van der Waals surface area contributed by atoms with Gasteiger partial charge in [0.1, 0.15) is 11.2 Å². The third-order valence-electron chi connectivity index (χ3n) is 13.7. The number of benzene rings is 10. The summed E-state index contributed by atoms with van der Waals surface area (Å²) in [5, 5.41) is 4.59. The first-order valence-corrected chi connectivity index (χ1v) is 22.7. The molecule has 0 fully saturated rings. The van der Waals surface area contributed by atoms with Crippen LogP contribution in [0.3, 0.4) is 0 Å². The van der Waals surface area contributed by atoms with Crippen LogP contribution in [0.2, 0.25) is 0 Å². The summed E-state index contributed by atoms with van der Waals surface area (Å²) in [5.41, 5.74) is 18.2. The van der Waals surface area contributed by atoms with Crippen LogP contribution in [-0.4, -0.2) is 0 Å². The van der Waals surface area contributed by atoms with Crippen molar-refractivity contribution in [3.63, 3.8) is 0 Å². The quantitative estimate of drug-likeness (QED) is 0.159. The molecule has 10 aromatic carbocycles. The lowest BCUT2D eigenvalue weighted by Gasteiger charge is -2.34. The summed E-state index contributed by atoms with van der Waals surface area (Å²) in [6.45, 7) is 6.80. The first-order chi connectivity index (χ1) is 31.9. The van der Waals surface area contributed by atoms with E-state index in [1.54, 1.807) is 0 Å². The van der Waals surface area contributed by atoms with Crippen LogP contribution in [0.5, 0.6) is 0 Å². The van der Waals surface area contributed by atoms with Gasteiger partial charge in [0.15, 0.2) is 0 Å². The van der Waals surface area contributed by atoms with Crippen molar-refractivity contribution in [2.45, 2.75) is 31.6 Å². The zero-order valence-electron chi connectivity index (χ0n) is 36.8. The van der Waals surface area contributed by atoms with Crippen LogP contribution in [0.25, 0.3) is 66.1 Å². The molecule has 0 N–H and O–H groups in total. The van der Waals surface area contributed by atoms with Crippen LogP contribution < -0.4 is 4.90 Å². The minimum atomic E-state index is -0.492. The second-order valence-corrected chi connectivity index (χ2v) is 18.4. The predicted octanol–water partition coefficient (Wildman–Crippen LogP) is 17.2. The molecule has 0 amide bonds. The van der Waals surface area contributed by atoms with E-state index in [0.29, 0.717) is 0 Å². The molecular weight excluding hydrogens is 787 g/mol. The van der Waals surface area contributed by atoms with Crippen LogP contribution in [-0.2, 0) is 10.8 Å². The van der Waals surface area contributed by atoms with Gasteiger partial charge in [-0.3, -0.25) is 0 Å². The molecule has 0 aliphatic heterocycles. The Morgan fingerprint density at radius 2 is 0.985 bits per heavy atom. The van der Waals surface area contributed by atoms with Gasteiger partial charge < -0.3 is 9.32 Å². The van der Waals surface area contributed by atoms with Crippen molar-refractivity contribution < 1.29 is 4.42 Å². The molecule has 11 aromatic rings. The second kappa shape index (κ2) is 15.1. The van der Waals surface area contributed by atoms with Crippen molar-refractivity contribution in [1.82, 2.24) is 0 Å².